The first-order valence-corrected chi connectivity index (χ1v) is 5.66. The fourth-order valence-corrected chi connectivity index (χ4v) is 2.24. The van der Waals surface area contributed by atoms with Gasteiger partial charge in [-0.2, -0.15) is 13.2 Å². The van der Waals surface area contributed by atoms with E-state index < -0.39 is 24.9 Å². The van der Waals surface area contributed by atoms with Gasteiger partial charge in [0.25, 0.3) is 0 Å². The number of carbonyl (C=O) groups is 1. The number of hydrogen-bond donors (Lipinski definition) is 0. The highest BCUT2D eigenvalue weighted by molar-refractivity contribution is 6.21. The summed E-state index contributed by atoms with van der Waals surface area (Å²) in [6, 6.07) is 0. The quantitative estimate of drug-likeness (QED) is 0.709. The van der Waals surface area contributed by atoms with Gasteiger partial charge >= 0.3 is 6.18 Å². The van der Waals surface area contributed by atoms with Gasteiger partial charge in [-0.15, -0.1) is 11.6 Å². The summed E-state index contributed by atoms with van der Waals surface area (Å²) in [6.45, 7) is 0.514. The fourth-order valence-electron chi connectivity index (χ4n) is 1.73. The zero-order valence-electron chi connectivity index (χ0n) is 9.06. The largest absolute Gasteiger partial charge is 0.389 e. The molecule has 0 spiro atoms. The summed E-state index contributed by atoms with van der Waals surface area (Å²) in [7, 11) is 1.54. The van der Waals surface area contributed by atoms with Crippen molar-refractivity contribution in [2.45, 2.75) is 37.2 Å². The van der Waals surface area contributed by atoms with Gasteiger partial charge in [0.05, 0.1) is 6.42 Å². The zero-order valence-corrected chi connectivity index (χ0v) is 9.81. The van der Waals surface area contributed by atoms with Crippen molar-refractivity contribution in [1.82, 2.24) is 4.90 Å². The topological polar surface area (TPSA) is 20.3 Å². The van der Waals surface area contributed by atoms with Gasteiger partial charge in [0, 0.05) is 25.4 Å². The molecule has 1 rings (SSSR count). The maximum atomic E-state index is 11.9. The minimum absolute atomic E-state index is 0.170. The van der Waals surface area contributed by atoms with E-state index in [1.165, 1.54) is 4.90 Å². The first-order chi connectivity index (χ1) is 7.28. The molecule has 0 aromatic rings. The maximum Gasteiger partial charge on any atom is 0.389 e. The van der Waals surface area contributed by atoms with Crippen LogP contribution in [0.2, 0.25) is 0 Å². The number of nitrogens with zero attached hydrogens (tertiary/aromatic N) is 1. The van der Waals surface area contributed by atoms with Crippen molar-refractivity contribution in [1.29, 1.82) is 0 Å². The van der Waals surface area contributed by atoms with Crippen molar-refractivity contribution in [3.8, 4) is 0 Å². The Balaban J connectivity index is 2.20. The van der Waals surface area contributed by atoms with Gasteiger partial charge in [-0.05, 0) is 18.8 Å². The normalized spacial score (nSPS) is 25.1. The molecule has 6 heteroatoms. The molecule has 0 heterocycles. The van der Waals surface area contributed by atoms with Crippen LogP contribution in [-0.4, -0.2) is 36.0 Å². The van der Waals surface area contributed by atoms with Gasteiger partial charge in [0.2, 0.25) is 5.91 Å². The molecule has 0 aromatic heterocycles. The molecule has 0 aromatic carbocycles. The molecule has 0 unspecified atom stereocenters. The molecule has 0 radical (unpaired) electrons. The predicted molar refractivity (Wildman–Crippen MR) is 55.3 cm³/mol. The molecule has 0 aliphatic heterocycles. The van der Waals surface area contributed by atoms with E-state index in [4.69, 9.17) is 11.6 Å². The van der Waals surface area contributed by atoms with Gasteiger partial charge in [-0.25, -0.2) is 0 Å². The van der Waals surface area contributed by atoms with Gasteiger partial charge in [0.1, 0.15) is 0 Å². The smallest absolute Gasteiger partial charge is 0.345 e. The monoisotopic (exact) mass is 257 g/mol. The highest BCUT2D eigenvalue weighted by Gasteiger charge is 2.31. The van der Waals surface area contributed by atoms with E-state index in [0.29, 0.717) is 12.5 Å². The van der Waals surface area contributed by atoms with E-state index in [2.05, 4.69) is 0 Å². The average molecular weight is 258 g/mol. The summed E-state index contributed by atoms with van der Waals surface area (Å²) >= 11 is 5.78. The van der Waals surface area contributed by atoms with Crippen molar-refractivity contribution in [2.24, 2.45) is 5.92 Å². The Bertz CT molecular complexity index is 251. The second-order valence-electron chi connectivity index (χ2n) is 4.32. The van der Waals surface area contributed by atoms with Crippen molar-refractivity contribution in [3.63, 3.8) is 0 Å². The van der Waals surface area contributed by atoms with E-state index in [-0.39, 0.29) is 5.38 Å². The van der Waals surface area contributed by atoms with Crippen molar-refractivity contribution in [3.05, 3.63) is 0 Å². The van der Waals surface area contributed by atoms with Gasteiger partial charge in [-0.3, -0.25) is 4.79 Å². The zero-order chi connectivity index (χ0) is 12.3. The van der Waals surface area contributed by atoms with Crippen LogP contribution < -0.4 is 0 Å². The summed E-state index contributed by atoms with van der Waals surface area (Å²) in [4.78, 5) is 12.7. The second-order valence-corrected chi connectivity index (χ2v) is 4.94. The lowest BCUT2D eigenvalue weighted by Gasteiger charge is -2.34. The lowest BCUT2D eigenvalue weighted by atomic mass is 9.84. The standard InChI is InChI=1S/C10H15ClF3NO/c1-15(6-7-4-8(11)5-7)9(16)2-3-10(12,13)14/h7-8H,2-6H2,1H3. The van der Waals surface area contributed by atoms with Gasteiger partial charge < -0.3 is 4.90 Å². The summed E-state index contributed by atoms with van der Waals surface area (Å²) in [6.07, 6.45) is -4.07. The Morgan fingerprint density at radius 1 is 1.44 bits per heavy atom. The fraction of sp³-hybridized carbons (Fsp3) is 0.900. The summed E-state index contributed by atoms with van der Waals surface area (Å²) < 4.78 is 35.6. The van der Waals surface area contributed by atoms with E-state index >= 15 is 0 Å². The highest BCUT2D eigenvalue weighted by atomic mass is 35.5. The van der Waals surface area contributed by atoms with Crippen molar-refractivity contribution in [2.75, 3.05) is 13.6 Å². The third-order valence-corrected chi connectivity index (χ3v) is 3.11. The first kappa shape index (κ1) is 13.6. The molecule has 1 aliphatic rings. The predicted octanol–water partition coefficient (Wildman–Crippen LogP) is 2.80. The highest BCUT2D eigenvalue weighted by Crippen LogP contribution is 2.32. The van der Waals surface area contributed by atoms with E-state index in [1.807, 2.05) is 0 Å². The van der Waals surface area contributed by atoms with Crippen LogP contribution in [0.3, 0.4) is 0 Å². The number of halogens is 4. The SMILES string of the molecule is CN(CC1CC(Cl)C1)C(=O)CCC(F)(F)F. The Morgan fingerprint density at radius 2 is 2.00 bits per heavy atom. The molecule has 1 amide bonds. The molecular formula is C10H15ClF3NO. The third kappa shape index (κ3) is 4.60. The van der Waals surface area contributed by atoms with Crippen LogP contribution in [0, 0.1) is 5.92 Å². The molecule has 2 nitrogen and oxygen atoms in total. The minimum Gasteiger partial charge on any atom is -0.345 e. The molecule has 1 aliphatic carbocycles. The number of hydrogen-bond acceptors (Lipinski definition) is 1. The molecular weight excluding hydrogens is 243 g/mol. The average Bonchev–Trinajstić information content (AvgIpc) is 2.10. The number of carbonyl (C=O) groups excluding carboxylic acids is 1. The molecule has 0 bridgehead atoms. The van der Waals surface area contributed by atoms with Crippen LogP contribution in [0.1, 0.15) is 25.7 Å². The summed E-state index contributed by atoms with van der Waals surface area (Å²) in [5, 5.41) is 0.170. The lowest BCUT2D eigenvalue weighted by molar-refractivity contribution is -0.148. The molecule has 1 fully saturated rings. The first-order valence-electron chi connectivity index (χ1n) is 5.22. The van der Waals surface area contributed by atoms with E-state index in [0.717, 1.165) is 12.8 Å². The molecule has 94 valence electrons. The second kappa shape index (κ2) is 5.25. The minimum atomic E-state index is -4.26. The molecule has 0 saturated heterocycles. The van der Waals surface area contributed by atoms with Crippen molar-refractivity contribution >= 4 is 17.5 Å². The Labute approximate surface area is 97.7 Å². The van der Waals surface area contributed by atoms with Crippen LogP contribution in [-0.2, 0) is 4.79 Å². The Morgan fingerprint density at radius 3 is 2.44 bits per heavy atom. The molecule has 0 atom stereocenters. The number of alkyl halides is 4. The van der Waals surface area contributed by atoms with Gasteiger partial charge in [0.15, 0.2) is 0 Å². The Kier molecular flexibility index (Phi) is 4.47. The molecule has 1 saturated carbocycles. The number of amides is 1. The van der Waals surface area contributed by atoms with E-state index in [1.54, 1.807) is 7.05 Å². The third-order valence-electron chi connectivity index (χ3n) is 2.76. The lowest BCUT2D eigenvalue weighted by Crippen LogP contribution is -2.38. The van der Waals surface area contributed by atoms with Crippen molar-refractivity contribution < 1.29 is 18.0 Å². The number of rotatable bonds is 4. The van der Waals surface area contributed by atoms with E-state index in [9.17, 15) is 18.0 Å². The maximum absolute atomic E-state index is 11.9. The molecule has 0 N–H and O–H groups in total. The molecule has 16 heavy (non-hydrogen) atoms. The summed E-state index contributed by atoms with van der Waals surface area (Å²) in [5.41, 5.74) is 0. The van der Waals surface area contributed by atoms with Crippen LogP contribution in [0.4, 0.5) is 13.2 Å². The van der Waals surface area contributed by atoms with Crippen LogP contribution >= 0.6 is 11.6 Å². The van der Waals surface area contributed by atoms with Gasteiger partial charge in [-0.1, -0.05) is 0 Å². The van der Waals surface area contributed by atoms with Crippen LogP contribution in [0.15, 0.2) is 0 Å². The summed E-state index contributed by atoms with van der Waals surface area (Å²) in [5.74, 6) is -0.0994. The Hall–Kier alpha value is -0.450. The van der Waals surface area contributed by atoms with Crippen LogP contribution in [0.25, 0.3) is 0 Å². The van der Waals surface area contributed by atoms with Crippen LogP contribution in [0.5, 0.6) is 0 Å².